The zero-order chi connectivity index (χ0) is 18.3. The first-order valence-electron chi connectivity index (χ1n) is 10.4. The average molecular weight is 359 g/mol. The second kappa shape index (κ2) is 9.05. The number of aromatic nitrogens is 1. The molecule has 1 N–H and O–H groups in total. The summed E-state index contributed by atoms with van der Waals surface area (Å²) < 4.78 is 0. The summed E-state index contributed by atoms with van der Waals surface area (Å²) >= 11 is 0. The molecule has 2 nitrogen and oxygen atoms in total. The lowest BCUT2D eigenvalue weighted by atomic mass is 9.99. The van der Waals surface area contributed by atoms with Crippen LogP contribution >= 0.6 is 0 Å². The number of benzene rings is 2. The van der Waals surface area contributed by atoms with Gasteiger partial charge in [-0.05, 0) is 55.0 Å². The molecule has 0 radical (unpaired) electrons. The molecule has 0 saturated carbocycles. The van der Waals surface area contributed by atoms with Gasteiger partial charge in [-0.15, -0.1) is 0 Å². The number of H-pyrrole nitrogens is 1. The Kier molecular flexibility index (Phi) is 6.06. The molecule has 3 aromatic rings. The molecule has 140 valence electrons. The van der Waals surface area contributed by atoms with Crippen LogP contribution in [0, 0.1) is 0 Å². The quantitative estimate of drug-likeness (QED) is 0.485. The Balaban J connectivity index is 1.14. The minimum absolute atomic E-state index is 1.11. The molecular weight excluding hydrogens is 328 g/mol. The summed E-state index contributed by atoms with van der Waals surface area (Å²) in [5, 5.41) is 1.40. The Morgan fingerprint density at radius 3 is 2.52 bits per heavy atom. The largest absolute Gasteiger partial charge is 0.361 e. The summed E-state index contributed by atoms with van der Waals surface area (Å²) in [7, 11) is 0. The van der Waals surface area contributed by atoms with E-state index in [0.29, 0.717) is 0 Å². The number of unbranched alkanes of at least 4 members (excludes halogenated alkanes) is 3. The summed E-state index contributed by atoms with van der Waals surface area (Å²) in [5.41, 5.74) is 5.65. The van der Waals surface area contributed by atoms with Gasteiger partial charge in [-0.25, -0.2) is 0 Å². The summed E-state index contributed by atoms with van der Waals surface area (Å²) in [6.45, 7) is 3.56. The second-order valence-electron chi connectivity index (χ2n) is 7.67. The van der Waals surface area contributed by atoms with Crippen LogP contribution in [0.3, 0.4) is 0 Å². The van der Waals surface area contributed by atoms with E-state index in [4.69, 9.17) is 0 Å². The lowest BCUT2D eigenvalue weighted by Gasteiger charge is -2.26. The van der Waals surface area contributed by atoms with Crippen LogP contribution in [-0.2, 0) is 6.42 Å². The molecule has 1 aliphatic rings. The maximum atomic E-state index is 3.39. The van der Waals surface area contributed by atoms with Crippen molar-refractivity contribution in [3.63, 3.8) is 0 Å². The fourth-order valence-electron chi connectivity index (χ4n) is 4.17. The summed E-state index contributed by atoms with van der Waals surface area (Å²) in [6, 6.07) is 19.5. The third-order valence-electron chi connectivity index (χ3n) is 5.78. The Bertz CT molecular complexity index is 875. The van der Waals surface area contributed by atoms with Crippen LogP contribution in [-0.4, -0.2) is 29.5 Å². The van der Waals surface area contributed by atoms with Gasteiger partial charge >= 0.3 is 0 Å². The highest BCUT2D eigenvalue weighted by atomic mass is 15.1. The number of hydrogen-bond donors (Lipinski definition) is 1. The molecular formula is C25H30N2. The minimum Gasteiger partial charge on any atom is -0.361 e. The van der Waals surface area contributed by atoms with Crippen LogP contribution in [0.5, 0.6) is 0 Å². The highest BCUT2D eigenvalue weighted by Crippen LogP contribution is 2.23. The third-order valence-corrected chi connectivity index (χ3v) is 5.78. The third kappa shape index (κ3) is 4.70. The van der Waals surface area contributed by atoms with Crippen LogP contribution in [0.2, 0.25) is 0 Å². The number of nitrogens with one attached hydrogen (secondary N) is 1. The van der Waals surface area contributed by atoms with Crippen molar-refractivity contribution in [2.75, 3.05) is 19.6 Å². The SMILES string of the molecule is C1=C(c2ccccc2)CCN(CCCCCCc2c[nH]c3ccccc23)C1. The number of aromatic amines is 1. The zero-order valence-corrected chi connectivity index (χ0v) is 16.2. The first-order chi connectivity index (χ1) is 13.4. The number of para-hydroxylation sites is 1. The summed E-state index contributed by atoms with van der Waals surface area (Å²) in [4.78, 5) is 5.99. The van der Waals surface area contributed by atoms with E-state index in [1.54, 1.807) is 0 Å². The molecule has 2 heterocycles. The van der Waals surface area contributed by atoms with Gasteiger partial charge in [0.1, 0.15) is 0 Å². The molecule has 0 amide bonds. The molecule has 0 spiro atoms. The maximum Gasteiger partial charge on any atom is 0.0456 e. The number of nitrogens with zero attached hydrogens (tertiary/aromatic N) is 1. The molecule has 0 unspecified atom stereocenters. The van der Waals surface area contributed by atoms with Crippen molar-refractivity contribution in [1.29, 1.82) is 0 Å². The van der Waals surface area contributed by atoms with Gasteiger partial charge in [-0.2, -0.15) is 0 Å². The van der Waals surface area contributed by atoms with Crippen LogP contribution in [0.4, 0.5) is 0 Å². The topological polar surface area (TPSA) is 19.0 Å². The molecule has 4 rings (SSSR count). The normalized spacial score (nSPS) is 15.2. The van der Waals surface area contributed by atoms with E-state index in [9.17, 15) is 0 Å². The molecule has 2 heteroatoms. The van der Waals surface area contributed by atoms with Crippen molar-refractivity contribution in [2.45, 2.75) is 38.5 Å². The van der Waals surface area contributed by atoms with E-state index in [0.717, 1.165) is 6.54 Å². The summed E-state index contributed by atoms with van der Waals surface area (Å²) in [5.74, 6) is 0. The van der Waals surface area contributed by atoms with Gasteiger partial charge in [0.25, 0.3) is 0 Å². The van der Waals surface area contributed by atoms with E-state index in [1.807, 2.05) is 0 Å². The average Bonchev–Trinajstić information content (AvgIpc) is 3.15. The Hall–Kier alpha value is -2.32. The van der Waals surface area contributed by atoms with E-state index in [2.05, 4.69) is 76.8 Å². The molecule has 0 aliphatic carbocycles. The predicted octanol–water partition coefficient (Wildman–Crippen LogP) is 6.06. The van der Waals surface area contributed by atoms with Crippen molar-refractivity contribution in [1.82, 2.24) is 9.88 Å². The predicted molar refractivity (Wildman–Crippen MR) is 116 cm³/mol. The smallest absolute Gasteiger partial charge is 0.0456 e. The standard InChI is InChI=1S/C25H30N2/c1(4-12-23-20-26-25-14-8-7-13-24(23)25)2-9-17-27-18-15-22(16-19-27)21-10-5-3-6-11-21/h3,5-8,10-11,13-15,20,26H,1-2,4,9,12,16-19H2. The van der Waals surface area contributed by atoms with E-state index in [-0.39, 0.29) is 0 Å². The first-order valence-corrected chi connectivity index (χ1v) is 10.4. The van der Waals surface area contributed by atoms with Gasteiger partial charge in [0.15, 0.2) is 0 Å². The minimum atomic E-state index is 1.11. The van der Waals surface area contributed by atoms with Crippen LogP contribution in [0.15, 0.2) is 66.9 Å². The molecule has 27 heavy (non-hydrogen) atoms. The van der Waals surface area contributed by atoms with Crippen molar-refractivity contribution in [3.05, 3.63) is 78.0 Å². The molecule has 2 aromatic carbocycles. The molecule has 0 fully saturated rings. The fraction of sp³-hybridized carbons (Fsp3) is 0.360. The molecule has 0 bridgehead atoms. The lowest BCUT2D eigenvalue weighted by molar-refractivity contribution is 0.293. The molecule has 1 aliphatic heterocycles. The Morgan fingerprint density at radius 2 is 1.67 bits per heavy atom. The zero-order valence-electron chi connectivity index (χ0n) is 16.2. The molecule has 0 atom stereocenters. The summed E-state index contributed by atoms with van der Waals surface area (Å²) in [6.07, 6.45) is 12.3. The van der Waals surface area contributed by atoms with Gasteiger partial charge in [0, 0.05) is 30.2 Å². The second-order valence-corrected chi connectivity index (χ2v) is 7.67. The van der Waals surface area contributed by atoms with Gasteiger partial charge in [-0.1, -0.05) is 67.4 Å². The van der Waals surface area contributed by atoms with E-state index in [1.165, 1.54) is 79.2 Å². The van der Waals surface area contributed by atoms with Crippen LogP contribution in [0.1, 0.15) is 43.2 Å². The van der Waals surface area contributed by atoms with Crippen molar-refractivity contribution in [3.8, 4) is 0 Å². The van der Waals surface area contributed by atoms with Crippen LogP contribution in [0.25, 0.3) is 16.5 Å². The Labute approximate surface area is 162 Å². The highest BCUT2D eigenvalue weighted by Gasteiger charge is 2.12. The maximum absolute atomic E-state index is 3.39. The van der Waals surface area contributed by atoms with Gasteiger partial charge < -0.3 is 4.98 Å². The van der Waals surface area contributed by atoms with Crippen molar-refractivity contribution in [2.24, 2.45) is 0 Å². The lowest BCUT2D eigenvalue weighted by Crippen LogP contribution is -2.29. The number of hydrogen-bond acceptors (Lipinski definition) is 1. The number of aryl methyl sites for hydroxylation is 1. The fourth-order valence-corrected chi connectivity index (χ4v) is 4.17. The number of rotatable bonds is 8. The highest BCUT2D eigenvalue weighted by molar-refractivity contribution is 5.83. The Morgan fingerprint density at radius 1 is 0.852 bits per heavy atom. The monoisotopic (exact) mass is 358 g/mol. The van der Waals surface area contributed by atoms with Gasteiger partial charge in [0.2, 0.25) is 0 Å². The molecule has 0 saturated heterocycles. The van der Waals surface area contributed by atoms with E-state index < -0.39 is 0 Å². The van der Waals surface area contributed by atoms with Gasteiger partial charge in [0.05, 0.1) is 0 Å². The van der Waals surface area contributed by atoms with Gasteiger partial charge in [-0.3, -0.25) is 4.90 Å². The number of fused-ring (bicyclic) bond motifs is 1. The molecule has 1 aromatic heterocycles. The van der Waals surface area contributed by atoms with E-state index >= 15 is 0 Å². The first kappa shape index (κ1) is 18.1. The van der Waals surface area contributed by atoms with Crippen molar-refractivity contribution < 1.29 is 0 Å². The van der Waals surface area contributed by atoms with Crippen LogP contribution < -0.4 is 0 Å². The van der Waals surface area contributed by atoms with Crippen molar-refractivity contribution >= 4 is 16.5 Å².